The fourth-order valence-electron chi connectivity index (χ4n) is 0.766. The molecule has 0 fully saturated rings. The highest BCUT2D eigenvalue weighted by molar-refractivity contribution is 5.60. The number of hydrogen-bond donors (Lipinski definition) is 0. The second-order valence-electron chi connectivity index (χ2n) is 2.36. The van der Waals surface area contributed by atoms with Crippen LogP contribution in [0, 0.1) is 0 Å². The van der Waals surface area contributed by atoms with Crippen LogP contribution < -0.4 is 0 Å². The maximum Gasteiger partial charge on any atom is 0.127 e. The summed E-state index contributed by atoms with van der Waals surface area (Å²) in [4.78, 5) is 10.3. The predicted octanol–water partition coefficient (Wildman–Crippen LogP) is 1.29. The highest BCUT2D eigenvalue weighted by Crippen LogP contribution is 2.10. The van der Waals surface area contributed by atoms with Gasteiger partial charge in [-0.2, -0.15) is 5.10 Å². The molecule has 1 aromatic heterocycles. The molecule has 1 unspecified atom stereocenters. The van der Waals surface area contributed by atoms with E-state index in [0.29, 0.717) is 0 Å². The molecular weight excluding hydrogens is 140 g/mol. The van der Waals surface area contributed by atoms with Gasteiger partial charge in [-0.15, -0.1) is 0 Å². The van der Waals surface area contributed by atoms with Crippen molar-refractivity contribution < 1.29 is 4.79 Å². The van der Waals surface area contributed by atoms with Crippen molar-refractivity contribution in [3.8, 4) is 0 Å². The fraction of sp³-hybridized carbons (Fsp3) is 0.250. The van der Waals surface area contributed by atoms with Gasteiger partial charge in [-0.05, 0) is 0 Å². The van der Waals surface area contributed by atoms with E-state index in [0.717, 1.165) is 11.8 Å². The molecule has 11 heavy (non-hydrogen) atoms. The third-order valence-corrected chi connectivity index (χ3v) is 1.54. The van der Waals surface area contributed by atoms with Crippen LogP contribution in [-0.2, 0) is 4.79 Å². The SMILES string of the molecule is C=Cn1cc(C(C)C=O)cn1. The second kappa shape index (κ2) is 3.14. The molecule has 0 saturated heterocycles. The first-order valence-corrected chi connectivity index (χ1v) is 3.40. The van der Waals surface area contributed by atoms with E-state index in [1.165, 1.54) is 0 Å². The molecule has 0 radical (unpaired) electrons. The van der Waals surface area contributed by atoms with Gasteiger partial charge in [0.05, 0.1) is 6.20 Å². The Morgan fingerprint density at radius 1 is 1.82 bits per heavy atom. The Bertz CT molecular complexity index is 265. The molecule has 1 aromatic rings. The zero-order valence-electron chi connectivity index (χ0n) is 6.40. The lowest BCUT2D eigenvalue weighted by molar-refractivity contribution is -0.108. The molecule has 58 valence electrons. The zero-order valence-corrected chi connectivity index (χ0v) is 6.40. The zero-order chi connectivity index (χ0) is 8.27. The van der Waals surface area contributed by atoms with Gasteiger partial charge in [0, 0.05) is 23.9 Å². The van der Waals surface area contributed by atoms with Crippen LogP contribution in [0.5, 0.6) is 0 Å². The molecule has 1 rings (SSSR count). The van der Waals surface area contributed by atoms with Crippen LogP contribution in [0.15, 0.2) is 19.0 Å². The van der Waals surface area contributed by atoms with Crippen LogP contribution in [0.25, 0.3) is 6.20 Å². The molecule has 0 aromatic carbocycles. The summed E-state index contributed by atoms with van der Waals surface area (Å²) in [6.45, 7) is 5.37. The first-order chi connectivity index (χ1) is 5.27. The largest absolute Gasteiger partial charge is 0.303 e. The lowest BCUT2D eigenvalue weighted by Crippen LogP contribution is -1.91. The Morgan fingerprint density at radius 2 is 2.55 bits per heavy atom. The average Bonchev–Trinajstić information content (AvgIpc) is 2.50. The van der Waals surface area contributed by atoms with E-state index in [1.807, 2.05) is 6.92 Å². The second-order valence-corrected chi connectivity index (χ2v) is 2.36. The molecule has 0 N–H and O–H groups in total. The number of rotatable bonds is 3. The van der Waals surface area contributed by atoms with E-state index in [1.54, 1.807) is 23.3 Å². The Morgan fingerprint density at radius 3 is 3.00 bits per heavy atom. The summed E-state index contributed by atoms with van der Waals surface area (Å²) >= 11 is 0. The van der Waals surface area contributed by atoms with Gasteiger partial charge >= 0.3 is 0 Å². The summed E-state index contributed by atoms with van der Waals surface area (Å²) in [6, 6.07) is 0. The fourth-order valence-corrected chi connectivity index (χ4v) is 0.766. The third kappa shape index (κ3) is 1.55. The highest BCUT2D eigenvalue weighted by atomic mass is 16.1. The standard InChI is InChI=1S/C8H10N2O/c1-3-10-5-8(4-9-10)7(2)6-11/h3-7H,1H2,2H3. The summed E-state index contributed by atoms with van der Waals surface area (Å²) < 4.78 is 1.58. The molecular formula is C8H10N2O. The Balaban J connectivity index is 2.87. The van der Waals surface area contributed by atoms with Crippen molar-refractivity contribution in [3.05, 3.63) is 24.5 Å². The van der Waals surface area contributed by atoms with Gasteiger partial charge in [-0.25, -0.2) is 4.68 Å². The number of carbonyl (C=O) groups excluding carboxylic acids is 1. The molecule has 1 atom stereocenters. The van der Waals surface area contributed by atoms with Crippen molar-refractivity contribution in [1.29, 1.82) is 0 Å². The molecule has 3 heteroatoms. The Hall–Kier alpha value is -1.38. The average molecular weight is 150 g/mol. The molecule has 3 nitrogen and oxygen atoms in total. The summed E-state index contributed by atoms with van der Waals surface area (Å²) in [5.74, 6) is -0.0799. The normalized spacial score (nSPS) is 12.5. The molecule has 0 spiro atoms. The molecule has 0 saturated carbocycles. The number of aromatic nitrogens is 2. The maximum absolute atomic E-state index is 10.3. The van der Waals surface area contributed by atoms with Gasteiger partial charge in [0.15, 0.2) is 0 Å². The first kappa shape index (κ1) is 7.72. The number of hydrogen-bond acceptors (Lipinski definition) is 2. The van der Waals surface area contributed by atoms with Gasteiger partial charge in [0.1, 0.15) is 6.29 Å². The van der Waals surface area contributed by atoms with E-state index < -0.39 is 0 Å². The summed E-state index contributed by atoms with van der Waals surface area (Å²) in [5, 5.41) is 3.94. The van der Waals surface area contributed by atoms with E-state index in [-0.39, 0.29) is 5.92 Å². The van der Waals surface area contributed by atoms with Gasteiger partial charge < -0.3 is 4.79 Å². The summed E-state index contributed by atoms with van der Waals surface area (Å²) in [6.07, 6.45) is 5.93. The van der Waals surface area contributed by atoms with E-state index in [4.69, 9.17) is 0 Å². The van der Waals surface area contributed by atoms with Crippen LogP contribution >= 0.6 is 0 Å². The first-order valence-electron chi connectivity index (χ1n) is 3.40. The van der Waals surface area contributed by atoms with Crippen molar-refractivity contribution in [1.82, 2.24) is 9.78 Å². The predicted molar refractivity (Wildman–Crippen MR) is 43.1 cm³/mol. The monoisotopic (exact) mass is 150 g/mol. The third-order valence-electron chi connectivity index (χ3n) is 1.54. The van der Waals surface area contributed by atoms with Crippen molar-refractivity contribution in [2.45, 2.75) is 12.8 Å². The van der Waals surface area contributed by atoms with Crippen LogP contribution in [0.4, 0.5) is 0 Å². The van der Waals surface area contributed by atoms with E-state index >= 15 is 0 Å². The van der Waals surface area contributed by atoms with Crippen LogP contribution in [-0.4, -0.2) is 16.1 Å². The van der Waals surface area contributed by atoms with Crippen molar-refractivity contribution in [2.24, 2.45) is 0 Å². The van der Waals surface area contributed by atoms with Gasteiger partial charge in [0.25, 0.3) is 0 Å². The topological polar surface area (TPSA) is 34.9 Å². The van der Waals surface area contributed by atoms with Gasteiger partial charge in [-0.3, -0.25) is 0 Å². The lowest BCUT2D eigenvalue weighted by atomic mass is 10.1. The molecule has 1 heterocycles. The number of nitrogens with zero attached hydrogens (tertiary/aromatic N) is 2. The molecule has 0 aliphatic rings. The van der Waals surface area contributed by atoms with Crippen LogP contribution in [0.3, 0.4) is 0 Å². The molecule has 0 aliphatic heterocycles. The van der Waals surface area contributed by atoms with E-state index in [2.05, 4.69) is 11.7 Å². The minimum atomic E-state index is -0.0799. The van der Waals surface area contributed by atoms with Crippen molar-refractivity contribution in [3.63, 3.8) is 0 Å². The lowest BCUT2D eigenvalue weighted by Gasteiger charge is -1.94. The number of aldehydes is 1. The minimum Gasteiger partial charge on any atom is -0.303 e. The molecule has 0 bridgehead atoms. The van der Waals surface area contributed by atoms with Crippen molar-refractivity contribution in [2.75, 3.05) is 0 Å². The molecule has 0 amide bonds. The quantitative estimate of drug-likeness (QED) is 0.608. The Labute approximate surface area is 65.3 Å². The van der Waals surface area contributed by atoms with Crippen LogP contribution in [0.2, 0.25) is 0 Å². The summed E-state index contributed by atoms with van der Waals surface area (Å²) in [7, 11) is 0. The number of carbonyl (C=O) groups is 1. The summed E-state index contributed by atoms with van der Waals surface area (Å²) in [5.41, 5.74) is 0.917. The highest BCUT2D eigenvalue weighted by Gasteiger charge is 2.04. The van der Waals surface area contributed by atoms with Crippen molar-refractivity contribution >= 4 is 12.5 Å². The van der Waals surface area contributed by atoms with Gasteiger partial charge in [0.2, 0.25) is 0 Å². The van der Waals surface area contributed by atoms with Crippen LogP contribution in [0.1, 0.15) is 18.4 Å². The van der Waals surface area contributed by atoms with Gasteiger partial charge in [-0.1, -0.05) is 13.5 Å². The molecule has 0 aliphatic carbocycles. The smallest absolute Gasteiger partial charge is 0.127 e. The maximum atomic E-state index is 10.3. The minimum absolute atomic E-state index is 0.0799. The Kier molecular flexibility index (Phi) is 2.21. The van der Waals surface area contributed by atoms with E-state index in [9.17, 15) is 4.79 Å².